The van der Waals surface area contributed by atoms with Crippen LogP contribution < -0.4 is 0 Å². The van der Waals surface area contributed by atoms with Gasteiger partial charge in [0.2, 0.25) is 0 Å². The molecule has 0 aromatic carbocycles. The molecule has 0 aliphatic heterocycles. The summed E-state index contributed by atoms with van der Waals surface area (Å²) in [5.74, 6) is -1.85. The Morgan fingerprint density at radius 2 is 1.82 bits per heavy atom. The third kappa shape index (κ3) is 5.88. The summed E-state index contributed by atoms with van der Waals surface area (Å²) in [7, 11) is 1.59. The van der Waals surface area contributed by atoms with Crippen LogP contribution >= 0.6 is 25.0 Å². The zero-order valence-corrected chi connectivity index (χ0v) is 11.8. The third-order valence-corrected chi connectivity index (χ3v) is 2.77. The van der Waals surface area contributed by atoms with Crippen molar-refractivity contribution in [3.8, 4) is 0 Å². The highest BCUT2D eigenvalue weighted by Crippen LogP contribution is 2.14. The maximum Gasteiger partial charge on any atom is 0.316 e. The number of thiol groups is 1. The summed E-state index contributed by atoms with van der Waals surface area (Å²) in [6.07, 6.45) is -0.129. The number of carbonyl (C=O) groups excluding carboxylic acids is 2. The lowest BCUT2D eigenvalue weighted by Gasteiger charge is -2.20. The Labute approximate surface area is 112 Å². The number of carbonyl (C=O) groups is 2. The Hall–Kier alpha value is -0.820. The van der Waals surface area contributed by atoms with Gasteiger partial charge in [0.05, 0.1) is 19.6 Å². The molecule has 0 N–H and O–H groups in total. The van der Waals surface area contributed by atoms with Gasteiger partial charge < -0.3 is 13.8 Å². The van der Waals surface area contributed by atoms with E-state index < -0.39 is 17.9 Å². The van der Waals surface area contributed by atoms with Crippen molar-refractivity contribution in [1.82, 2.24) is 4.31 Å². The van der Waals surface area contributed by atoms with Gasteiger partial charge in [0.15, 0.2) is 0 Å². The summed E-state index contributed by atoms with van der Waals surface area (Å²) in [5, 5.41) is 0. The number of rotatable bonds is 6. The van der Waals surface area contributed by atoms with Crippen molar-refractivity contribution in [3.63, 3.8) is 0 Å². The minimum absolute atomic E-state index is 0.129. The van der Waals surface area contributed by atoms with Crippen molar-refractivity contribution >= 4 is 42.0 Å². The fraction of sp³-hybridized carbons (Fsp3) is 0.700. The predicted octanol–water partition coefficient (Wildman–Crippen LogP) is 1.22. The molecule has 0 aromatic heterocycles. The van der Waals surface area contributed by atoms with E-state index in [1.165, 1.54) is 4.31 Å². The molecule has 0 aromatic rings. The molecule has 5 nitrogen and oxygen atoms in total. The minimum atomic E-state index is -0.827. The predicted molar refractivity (Wildman–Crippen MR) is 70.7 cm³/mol. The lowest BCUT2D eigenvalue weighted by Crippen LogP contribution is -2.34. The van der Waals surface area contributed by atoms with Crippen molar-refractivity contribution in [2.24, 2.45) is 5.92 Å². The van der Waals surface area contributed by atoms with Gasteiger partial charge in [0.1, 0.15) is 10.9 Å². The molecule has 17 heavy (non-hydrogen) atoms. The van der Waals surface area contributed by atoms with E-state index in [0.717, 1.165) is 0 Å². The number of nitrogens with zero attached hydrogens (tertiary/aromatic N) is 1. The number of hydrogen-bond donors (Lipinski definition) is 1. The maximum absolute atomic E-state index is 11.7. The van der Waals surface area contributed by atoms with E-state index in [4.69, 9.17) is 21.7 Å². The highest BCUT2D eigenvalue weighted by Gasteiger charge is 2.29. The molecule has 0 aliphatic carbocycles. The molecule has 0 radical (unpaired) electrons. The van der Waals surface area contributed by atoms with Gasteiger partial charge in [-0.3, -0.25) is 9.59 Å². The van der Waals surface area contributed by atoms with E-state index in [1.54, 1.807) is 20.9 Å². The molecule has 98 valence electrons. The molecule has 0 rings (SSSR count). The number of esters is 2. The average Bonchev–Trinajstić information content (AvgIpc) is 2.25. The summed E-state index contributed by atoms with van der Waals surface area (Å²) in [5.41, 5.74) is 0. The number of thiocarbonyl (C=S) groups is 1. The molecule has 0 spiro atoms. The van der Waals surface area contributed by atoms with Gasteiger partial charge in [0.25, 0.3) is 0 Å². The first kappa shape index (κ1) is 16.2. The van der Waals surface area contributed by atoms with Gasteiger partial charge in [0, 0.05) is 7.05 Å². The molecule has 0 amide bonds. The van der Waals surface area contributed by atoms with Crippen LogP contribution in [0.25, 0.3) is 0 Å². The lowest BCUT2D eigenvalue weighted by molar-refractivity contribution is -0.152. The van der Waals surface area contributed by atoms with Crippen molar-refractivity contribution in [1.29, 1.82) is 0 Å². The fourth-order valence-corrected chi connectivity index (χ4v) is 1.45. The van der Waals surface area contributed by atoms with Crippen molar-refractivity contribution in [3.05, 3.63) is 0 Å². The SMILES string of the molecule is CCOC(=O)CC(C(=O)OCC)C(=S)N(C)S. The quantitative estimate of drug-likeness (QED) is 0.448. The first-order valence-electron chi connectivity index (χ1n) is 5.22. The molecular formula is C10H17NO4S2. The van der Waals surface area contributed by atoms with Gasteiger partial charge >= 0.3 is 11.9 Å². The molecule has 0 heterocycles. The van der Waals surface area contributed by atoms with Crippen LogP contribution in [0.2, 0.25) is 0 Å². The van der Waals surface area contributed by atoms with Crippen LogP contribution in [0.5, 0.6) is 0 Å². The van der Waals surface area contributed by atoms with Crippen LogP contribution in [-0.2, 0) is 19.1 Å². The highest BCUT2D eigenvalue weighted by molar-refractivity contribution is 7.84. The zero-order chi connectivity index (χ0) is 13.4. The van der Waals surface area contributed by atoms with Crippen LogP contribution in [0.3, 0.4) is 0 Å². The molecule has 0 bridgehead atoms. The maximum atomic E-state index is 11.7. The Morgan fingerprint density at radius 1 is 1.29 bits per heavy atom. The summed E-state index contributed by atoms with van der Waals surface area (Å²) in [6.45, 7) is 3.88. The molecular weight excluding hydrogens is 262 g/mol. The van der Waals surface area contributed by atoms with Crippen molar-refractivity contribution in [2.75, 3.05) is 20.3 Å². The smallest absolute Gasteiger partial charge is 0.316 e. The minimum Gasteiger partial charge on any atom is -0.466 e. The third-order valence-electron chi connectivity index (χ3n) is 1.86. The summed E-state index contributed by atoms with van der Waals surface area (Å²) in [4.78, 5) is 23.2. The number of hydrogen-bond acceptors (Lipinski definition) is 6. The van der Waals surface area contributed by atoms with E-state index in [-0.39, 0.29) is 24.6 Å². The van der Waals surface area contributed by atoms with Gasteiger partial charge in [-0.1, -0.05) is 25.0 Å². The summed E-state index contributed by atoms with van der Waals surface area (Å²) < 4.78 is 11.0. The topological polar surface area (TPSA) is 55.8 Å². The van der Waals surface area contributed by atoms with Crippen molar-refractivity contribution in [2.45, 2.75) is 20.3 Å². The van der Waals surface area contributed by atoms with Crippen LogP contribution in [0.1, 0.15) is 20.3 Å². The Morgan fingerprint density at radius 3 is 2.24 bits per heavy atom. The molecule has 0 saturated heterocycles. The molecule has 1 atom stereocenters. The van der Waals surface area contributed by atoms with E-state index >= 15 is 0 Å². The molecule has 0 fully saturated rings. The fourth-order valence-electron chi connectivity index (χ4n) is 1.13. The van der Waals surface area contributed by atoms with Crippen LogP contribution in [0, 0.1) is 5.92 Å². The second-order valence-electron chi connectivity index (χ2n) is 3.18. The Balaban J connectivity index is 4.67. The molecule has 0 aliphatic rings. The normalized spacial score (nSPS) is 11.5. The molecule has 0 saturated carbocycles. The largest absolute Gasteiger partial charge is 0.466 e. The van der Waals surface area contributed by atoms with Gasteiger partial charge in [-0.05, 0) is 13.8 Å². The Kier molecular flexibility index (Phi) is 7.90. The molecule has 7 heteroatoms. The lowest BCUT2D eigenvalue weighted by atomic mass is 10.1. The van der Waals surface area contributed by atoms with E-state index in [2.05, 4.69) is 12.8 Å². The van der Waals surface area contributed by atoms with E-state index in [9.17, 15) is 9.59 Å². The highest BCUT2D eigenvalue weighted by atomic mass is 32.1. The summed E-state index contributed by atoms with van der Waals surface area (Å²) >= 11 is 9.04. The van der Waals surface area contributed by atoms with Crippen LogP contribution in [0.4, 0.5) is 0 Å². The monoisotopic (exact) mass is 279 g/mol. The Bertz CT molecular complexity index is 294. The first-order chi connectivity index (χ1) is 7.93. The van der Waals surface area contributed by atoms with Crippen molar-refractivity contribution < 1.29 is 19.1 Å². The summed E-state index contributed by atoms with van der Waals surface area (Å²) in [6, 6.07) is 0. The van der Waals surface area contributed by atoms with Gasteiger partial charge in [-0.15, -0.1) is 0 Å². The second-order valence-corrected chi connectivity index (χ2v) is 4.19. The number of ether oxygens (including phenoxy) is 2. The zero-order valence-electron chi connectivity index (χ0n) is 10.1. The van der Waals surface area contributed by atoms with Gasteiger partial charge in [-0.2, -0.15) is 0 Å². The van der Waals surface area contributed by atoms with E-state index in [0.29, 0.717) is 0 Å². The van der Waals surface area contributed by atoms with Gasteiger partial charge in [-0.25, -0.2) is 0 Å². The van der Waals surface area contributed by atoms with Crippen LogP contribution in [0.15, 0.2) is 0 Å². The second kappa shape index (κ2) is 8.30. The van der Waals surface area contributed by atoms with E-state index in [1.807, 2.05) is 0 Å². The standard InChI is InChI=1S/C10H17NO4S2/c1-4-14-8(12)6-7(9(16)11(3)17)10(13)15-5-2/h7,17H,4-6H2,1-3H3. The first-order valence-corrected chi connectivity index (χ1v) is 6.03. The average molecular weight is 279 g/mol. The molecule has 1 unspecified atom stereocenters. The van der Waals surface area contributed by atoms with Crippen LogP contribution in [-0.4, -0.2) is 41.5 Å².